The first-order valence-corrected chi connectivity index (χ1v) is 5.56. The molecule has 1 amide bonds. The number of carbonyl (C=O) groups excluding carboxylic acids is 2. The minimum Gasteiger partial charge on any atom is -0.468 e. The smallest absolute Gasteiger partial charge is 0.410 e. The molecule has 6 nitrogen and oxygen atoms in total. The van der Waals surface area contributed by atoms with Crippen molar-refractivity contribution < 1.29 is 19.1 Å². The summed E-state index contributed by atoms with van der Waals surface area (Å²) in [7, 11) is 1.30. The first-order valence-electron chi connectivity index (χ1n) is 5.56. The third-order valence-electron chi connectivity index (χ3n) is 2.54. The molecule has 0 aromatic carbocycles. The quantitative estimate of drug-likeness (QED) is 0.709. The second-order valence-electron chi connectivity index (χ2n) is 5.19. The van der Waals surface area contributed by atoms with Crippen LogP contribution in [0.2, 0.25) is 0 Å². The molecule has 0 saturated carbocycles. The monoisotopic (exact) mass is 244 g/mol. The van der Waals surface area contributed by atoms with Gasteiger partial charge in [-0.1, -0.05) is 0 Å². The highest BCUT2D eigenvalue weighted by Gasteiger charge is 2.39. The maximum absolute atomic E-state index is 11.6. The van der Waals surface area contributed by atoms with E-state index in [1.165, 1.54) is 12.0 Å². The van der Waals surface area contributed by atoms with Crippen molar-refractivity contribution in [1.82, 2.24) is 4.90 Å². The van der Waals surface area contributed by atoms with Crippen LogP contribution in [0.1, 0.15) is 20.8 Å². The molecule has 1 aliphatic rings. The summed E-state index contributed by atoms with van der Waals surface area (Å²) in [5.74, 6) is -0.492. The molecule has 2 N–H and O–H groups in total. The summed E-state index contributed by atoms with van der Waals surface area (Å²) < 4.78 is 9.73. The van der Waals surface area contributed by atoms with E-state index in [-0.39, 0.29) is 12.0 Å². The van der Waals surface area contributed by atoms with Gasteiger partial charge in [-0.2, -0.15) is 0 Å². The molecule has 0 bridgehead atoms. The van der Waals surface area contributed by atoms with Gasteiger partial charge in [0, 0.05) is 19.0 Å². The second-order valence-corrected chi connectivity index (χ2v) is 5.19. The number of rotatable bonds is 2. The van der Waals surface area contributed by atoms with Gasteiger partial charge in [-0.25, -0.2) is 4.79 Å². The van der Waals surface area contributed by atoms with Crippen LogP contribution in [0, 0.1) is 5.92 Å². The summed E-state index contributed by atoms with van der Waals surface area (Å²) in [6, 6.07) is -0.668. The molecular weight excluding hydrogens is 224 g/mol. The van der Waals surface area contributed by atoms with Gasteiger partial charge in [-0.15, -0.1) is 0 Å². The molecule has 0 aromatic heterocycles. The van der Waals surface area contributed by atoms with Gasteiger partial charge in [0.25, 0.3) is 0 Å². The van der Waals surface area contributed by atoms with Gasteiger partial charge in [0.1, 0.15) is 11.6 Å². The standard InChI is InChI=1S/C11H20N2O4/c1-11(2,3)17-10(15)13-5-7(6-13)8(12)9(14)16-4/h7-8H,5-6,12H2,1-4H3/t8-/m0/s1. The van der Waals surface area contributed by atoms with E-state index in [4.69, 9.17) is 10.5 Å². The molecule has 0 aliphatic carbocycles. The second kappa shape index (κ2) is 4.91. The van der Waals surface area contributed by atoms with Crippen molar-refractivity contribution in [2.24, 2.45) is 11.7 Å². The number of hydrogen-bond acceptors (Lipinski definition) is 5. The third-order valence-corrected chi connectivity index (χ3v) is 2.54. The van der Waals surface area contributed by atoms with Crippen molar-refractivity contribution >= 4 is 12.1 Å². The number of esters is 1. The molecule has 6 heteroatoms. The van der Waals surface area contributed by atoms with Gasteiger partial charge in [0.05, 0.1) is 7.11 Å². The van der Waals surface area contributed by atoms with Crippen LogP contribution in [0.4, 0.5) is 4.79 Å². The van der Waals surface area contributed by atoms with Crippen molar-refractivity contribution in [3.05, 3.63) is 0 Å². The number of amides is 1. The number of hydrogen-bond donors (Lipinski definition) is 1. The van der Waals surface area contributed by atoms with E-state index in [0.717, 1.165) is 0 Å². The molecule has 0 unspecified atom stereocenters. The van der Waals surface area contributed by atoms with E-state index in [2.05, 4.69) is 4.74 Å². The van der Waals surface area contributed by atoms with E-state index in [0.29, 0.717) is 13.1 Å². The Labute approximate surface area is 101 Å². The predicted molar refractivity (Wildman–Crippen MR) is 61.3 cm³/mol. The Hall–Kier alpha value is -1.30. The van der Waals surface area contributed by atoms with Gasteiger partial charge in [-0.3, -0.25) is 4.79 Å². The van der Waals surface area contributed by atoms with Gasteiger partial charge < -0.3 is 20.1 Å². The minimum atomic E-state index is -0.668. The number of methoxy groups -OCH3 is 1. The number of ether oxygens (including phenoxy) is 2. The van der Waals surface area contributed by atoms with Crippen molar-refractivity contribution in [2.75, 3.05) is 20.2 Å². The molecule has 1 fully saturated rings. The zero-order valence-corrected chi connectivity index (χ0v) is 10.7. The van der Waals surface area contributed by atoms with Crippen LogP contribution in [-0.4, -0.2) is 48.8 Å². The van der Waals surface area contributed by atoms with Crippen LogP contribution >= 0.6 is 0 Å². The Morgan fingerprint density at radius 1 is 1.35 bits per heavy atom. The van der Waals surface area contributed by atoms with Gasteiger partial charge >= 0.3 is 12.1 Å². The molecule has 0 aromatic rings. The van der Waals surface area contributed by atoms with E-state index in [1.54, 1.807) is 0 Å². The molecular formula is C11H20N2O4. The lowest BCUT2D eigenvalue weighted by Gasteiger charge is -2.41. The topological polar surface area (TPSA) is 81.9 Å². The highest BCUT2D eigenvalue weighted by molar-refractivity contribution is 5.77. The van der Waals surface area contributed by atoms with Crippen molar-refractivity contribution in [1.29, 1.82) is 0 Å². The average Bonchev–Trinajstić information content (AvgIpc) is 2.10. The highest BCUT2D eigenvalue weighted by Crippen LogP contribution is 2.21. The first-order chi connectivity index (χ1) is 7.74. The van der Waals surface area contributed by atoms with Gasteiger partial charge in [0.15, 0.2) is 0 Å². The molecule has 98 valence electrons. The summed E-state index contributed by atoms with van der Waals surface area (Å²) in [4.78, 5) is 24.3. The Kier molecular flexibility index (Phi) is 3.98. The lowest BCUT2D eigenvalue weighted by Crippen LogP contribution is -2.59. The number of carbonyl (C=O) groups is 2. The predicted octanol–water partition coefficient (Wildman–Crippen LogP) is 0.354. The summed E-state index contributed by atoms with van der Waals surface area (Å²) in [6.07, 6.45) is -0.370. The van der Waals surface area contributed by atoms with Crippen LogP contribution < -0.4 is 5.73 Å². The lowest BCUT2D eigenvalue weighted by atomic mass is 9.92. The number of nitrogens with zero attached hydrogens (tertiary/aromatic N) is 1. The molecule has 1 atom stereocenters. The Bertz CT molecular complexity index is 305. The van der Waals surface area contributed by atoms with Crippen LogP contribution in [0.15, 0.2) is 0 Å². The van der Waals surface area contributed by atoms with E-state index >= 15 is 0 Å². The van der Waals surface area contributed by atoms with Crippen molar-refractivity contribution in [3.8, 4) is 0 Å². The zero-order chi connectivity index (χ0) is 13.2. The number of likely N-dealkylation sites (tertiary alicyclic amines) is 1. The maximum atomic E-state index is 11.6. The lowest BCUT2D eigenvalue weighted by molar-refractivity contribution is -0.145. The van der Waals surface area contributed by atoms with Crippen LogP contribution in [-0.2, 0) is 14.3 Å². The van der Waals surface area contributed by atoms with Crippen LogP contribution in [0.25, 0.3) is 0 Å². The van der Waals surface area contributed by atoms with Crippen LogP contribution in [0.3, 0.4) is 0 Å². The van der Waals surface area contributed by atoms with Crippen molar-refractivity contribution in [2.45, 2.75) is 32.4 Å². The third kappa shape index (κ3) is 3.59. The van der Waals surface area contributed by atoms with E-state index < -0.39 is 17.6 Å². The summed E-state index contributed by atoms with van der Waals surface area (Å²) >= 11 is 0. The Balaban J connectivity index is 2.37. The van der Waals surface area contributed by atoms with Crippen LogP contribution in [0.5, 0.6) is 0 Å². The van der Waals surface area contributed by atoms with Gasteiger partial charge in [-0.05, 0) is 20.8 Å². The van der Waals surface area contributed by atoms with Crippen molar-refractivity contribution in [3.63, 3.8) is 0 Å². The largest absolute Gasteiger partial charge is 0.468 e. The molecule has 1 rings (SSSR count). The summed E-state index contributed by atoms with van der Waals surface area (Å²) in [6.45, 7) is 6.30. The SMILES string of the molecule is COC(=O)[C@@H](N)C1CN(C(=O)OC(C)(C)C)C1. The molecule has 0 spiro atoms. The Morgan fingerprint density at radius 3 is 2.29 bits per heavy atom. The number of nitrogens with two attached hydrogens (primary N) is 1. The highest BCUT2D eigenvalue weighted by atomic mass is 16.6. The molecule has 0 radical (unpaired) electrons. The van der Waals surface area contributed by atoms with Gasteiger partial charge in [0.2, 0.25) is 0 Å². The average molecular weight is 244 g/mol. The minimum absolute atomic E-state index is 0.0463. The zero-order valence-electron chi connectivity index (χ0n) is 10.7. The fourth-order valence-corrected chi connectivity index (χ4v) is 1.54. The molecule has 1 aliphatic heterocycles. The normalized spacial score (nSPS) is 18.3. The first kappa shape index (κ1) is 13.8. The summed E-state index contributed by atoms with van der Waals surface area (Å²) in [5.41, 5.74) is 5.16. The molecule has 17 heavy (non-hydrogen) atoms. The van der Waals surface area contributed by atoms with E-state index in [1.807, 2.05) is 20.8 Å². The Morgan fingerprint density at radius 2 is 1.88 bits per heavy atom. The fraction of sp³-hybridized carbons (Fsp3) is 0.818. The molecule has 1 saturated heterocycles. The van der Waals surface area contributed by atoms with E-state index in [9.17, 15) is 9.59 Å². The summed E-state index contributed by atoms with van der Waals surface area (Å²) in [5, 5.41) is 0. The molecule has 1 heterocycles. The maximum Gasteiger partial charge on any atom is 0.410 e. The fourth-order valence-electron chi connectivity index (χ4n) is 1.54.